The van der Waals surface area contributed by atoms with Gasteiger partial charge in [-0.25, -0.2) is 13.6 Å². The van der Waals surface area contributed by atoms with Crippen molar-refractivity contribution in [2.75, 3.05) is 6.61 Å². The summed E-state index contributed by atoms with van der Waals surface area (Å²) < 4.78 is 27.8. The number of hydrogen-bond acceptors (Lipinski definition) is 4. The SMILES string of the molecule is CCCC(C)NC(=O)COc1ccc(S(N)(=O)=O)cc1C. The third-order valence-corrected chi connectivity index (χ3v) is 3.87. The van der Waals surface area contributed by atoms with E-state index in [9.17, 15) is 13.2 Å². The number of nitrogens with two attached hydrogens (primary N) is 1. The van der Waals surface area contributed by atoms with Crippen LogP contribution in [0.4, 0.5) is 0 Å². The molecular weight excluding hydrogens is 292 g/mol. The molecule has 21 heavy (non-hydrogen) atoms. The van der Waals surface area contributed by atoms with E-state index in [0.29, 0.717) is 11.3 Å². The molecule has 0 heterocycles. The molecule has 0 saturated carbocycles. The van der Waals surface area contributed by atoms with Crippen LogP contribution in [0.15, 0.2) is 23.1 Å². The van der Waals surface area contributed by atoms with Gasteiger partial charge in [0, 0.05) is 6.04 Å². The van der Waals surface area contributed by atoms with Crippen LogP contribution in [0.2, 0.25) is 0 Å². The van der Waals surface area contributed by atoms with Crippen molar-refractivity contribution in [3.8, 4) is 5.75 Å². The summed E-state index contributed by atoms with van der Waals surface area (Å²) in [5.74, 6) is 0.256. The number of ether oxygens (including phenoxy) is 1. The molecule has 1 unspecified atom stereocenters. The molecule has 1 aromatic carbocycles. The van der Waals surface area contributed by atoms with Gasteiger partial charge in [0.2, 0.25) is 10.0 Å². The molecule has 1 atom stereocenters. The van der Waals surface area contributed by atoms with E-state index in [1.165, 1.54) is 18.2 Å². The summed E-state index contributed by atoms with van der Waals surface area (Å²) in [7, 11) is -3.73. The van der Waals surface area contributed by atoms with Crippen LogP contribution in [-0.4, -0.2) is 27.0 Å². The van der Waals surface area contributed by atoms with Crippen LogP contribution in [0.3, 0.4) is 0 Å². The van der Waals surface area contributed by atoms with E-state index in [0.717, 1.165) is 12.8 Å². The first kappa shape index (κ1) is 17.5. The fourth-order valence-electron chi connectivity index (χ4n) is 1.93. The van der Waals surface area contributed by atoms with E-state index >= 15 is 0 Å². The van der Waals surface area contributed by atoms with Crippen molar-refractivity contribution in [2.24, 2.45) is 5.14 Å². The molecule has 6 nitrogen and oxygen atoms in total. The van der Waals surface area contributed by atoms with Crippen LogP contribution in [0.25, 0.3) is 0 Å². The Labute approximate surface area is 125 Å². The molecule has 0 aliphatic carbocycles. The average Bonchev–Trinajstić information content (AvgIpc) is 2.36. The summed E-state index contributed by atoms with van der Waals surface area (Å²) in [5, 5.41) is 7.87. The first-order valence-corrected chi connectivity index (χ1v) is 8.34. The van der Waals surface area contributed by atoms with Crippen LogP contribution in [-0.2, 0) is 14.8 Å². The van der Waals surface area contributed by atoms with E-state index < -0.39 is 10.0 Å². The highest BCUT2D eigenvalue weighted by Gasteiger charge is 2.12. The lowest BCUT2D eigenvalue weighted by Gasteiger charge is -2.14. The molecule has 0 aliphatic heterocycles. The number of sulfonamides is 1. The molecule has 1 amide bonds. The maximum Gasteiger partial charge on any atom is 0.258 e. The van der Waals surface area contributed by atoms with Gasteiger partial charge in [0.15, 0.2) is 6.61 Å². The molecule has 0 aliphatic rings. The smallest absolute Gasteiger partial charge is 0.258 e. The topological polar surface area (TPSA) is 98.5 Å². The summed E-state index contributed by atoms with van der Waals surface area (Å²) in [4.78, 5) is 11.7. The van der Waals surface area contributed by atoms with Gasteiger partial charge in [-0.1, -0.05) is 13.3 Å². The van der Waals surface area contributed by atoms with Gasteiger partial charge >= 0.3 is 0 Å². The van der Waals surface area contributed by atoms with Crippen LogP contribution in [0.1, 0.15) is 32.3 Å². The third kappa shape index (κ3) is 5.73. The predicted molar refractivity (Wildman–Crippen MR) is 80.6 cm³/mol. The van der Waals surface area contributed by atoms with E-state index in [1.807, 2.05) is 6.92 Å². The highest BCUT2D eigenvalue weighted by Crippen LogP contribution is 2.21. The van der Waals surface area contributed by atoms with Gasteiger partial charge in [0.25, 0.3) is 5.91 Å². The Morgan fingerprint density at radius 3 is 2.62 bits per heavy atom. The van der Waals surface area contributed by atoms with Crippen molar-refractivity contribution >= 4 is 15.9 Å². The minimum absolute atomic E-state index is 0.0216. The molecule has 0 fully saturated rings. The molecule has 7 heteroatoms. The Kier molecular flexibility index (Phi) is 6.17. The van der Waals surface area contributed by atoms with Crippen molar-refractivity contribution in [1.82, 2.24) is 5.32 Å². The first-order chi connectivity index (χ1) is 9.74. The van der Waals surface area contributed by atoms with Crippen LogP contribution < -0.4 is 15.2 Å². The van der Waals surface area contributed by atoms with Crippen LogP contribution >= 0.6 is 0 Å². The standard InChI is InChI=1S/C14H22N2O4S/c1-4-5-11(3)16-14(17)9-20-13-7-6-12(8-10(13)2)21(15,18)19/h6-8,11H,4-5,9H2,1-3H3,(H,16,17)(H2,15,18,19). The zero-order valence-electron chi connectivity index (χ0n) is 12.5. The van der Waals surface area contributed by atoms with Crippen LogP contribution in [0.5, 0.6) is 5.75 Å². The maximum absolute atomic E-state index is 11.7. The number of hydrogen-bond donors (Lipinski definition) is 2. The molecule has 118 valence electrons. The van der Waals surface area contributed by atoms with Gasteiger partial charge in [0.1, 0.15) is 5.75 Å². The highest BCUT2D eigenvalue weighted by molar-refractivity contribution is 7.89. The fourth-order valence-corrected chi connectivity index (χ4v) is 2.52. The zero-order valence-corrected chi connectivity index (χ0v) is 13.4. The quantitative estimate of drug-likeness (QED) is 0.793. The van der Waals surface area contributed by atoms with Gasteiger partial charge in [-0.15, -0.1) is 0 Å². The van der Waals surface area contributed by atoms with Gasteiger partial charge < -0.3 is 10.1 Å². The van der Waals surface area contributed by atoms with Gasteiger partial charge in [-0.05, 0) is 44.0 Å². The maximum atomic E-state index is 11.7. The Morgan fingerprint density at radius 2 is 2.10 bits per heavy atom. The minimum atomic E-state index is -3.73. The summed E-state index contributed by atoms with van der Waals surface area (Å²) in [5.41, 5.74) is 0.607. The predicted octanol–water partition coefficient (Wildman–Crippen LogP) is 1.33. The molecule has 1 aromatic rings. The second-order valence-corrected chi connectivity index (χ2v) is 6.58. The molecule has 0 spiro atoms. The van der Waals surface area contributed by atoms with Crippen molar-refractivity contribution in [1.29, 1.82) is 0 Å². The molecule has 0 bridgehead atoms. The molecule has 0 radical (unpaired) electrons. The van der Waals surface area contributed by atoms with E-state index in [2.05, 4.69) is 12.2 Å². The summed E-state index contributed by atoms with van der Waals surface area (Å²) >= 11 is 0. The average molecular weight is 314 g/mol. The molecule has 0 saturated heterocycles. The Hall–Kier alpha value is -1.60. The highest BCUT2D eigenvalue weighted by atomic mass is 32.2. The number of rotatable bonds is 7. The van der Waals surface area contributed by atoms with E-state index in [-0.39, 0.29) is 23.5 Å². The van der Waals surface area contributed by atoms with Crippen LogP contribution in [0, 0.1) is 6.92 Å². The zero-order chi connectivity index (χ0) is 16.0. The second-order valence-electron chi connectivity index (χ2n) is 5.02. The van der Waals surface area contributed by atoms with Crippen molar-refractivity contribution < 1.29 is 17.9 Å². The number of aryl methyl sites for hydroxylation is 1. The molecular formula is C14H22N2O4S. The minimum Gasteiger partial charge on any atom is -0.484 e. The number of benzene rings is 1. The molecule has 3 N–H and O–H groups in total. The normalized spacial score (nSPS) is 12.8. The summed E-state index contributed by atoms with van der Waals surface area (Å²) in [6.07, 6.45) is 1.91. The Balaban J connectivity index is 2.62. The summed E-state index contributed by atoms with van der Waals surface area (Å²) in [6.45, 7) is 5.58. The number of primary sulfonamides is 1. The largest absolute Gasteiger partial charge is 0.484 e. The van der Waals surface area contributed by atoms with Crippen molar-refractivity contribution in [3.05, 3.63) is 23.8 Å². The van der Waals surface area contributed by atoms with E-state index in [4.69, 9.17) is 9.88 Å². The second kappa shape index (κ2) is 7.42. The lowest BCUT2D eigenvalue weighted by Crippen LogP contribution is -2.36. The molecule has 1 rings (SSSR count). The van der Waals surface area contributed by atoms with Crippen molar-refractivity contribution in [3.63, 3.8) is 0 Å². The molecule has 0 aromatic heterocycles. The van der Waals surface area contributed by atoms with Gasteiger partial charge in [-0.3, -0.25) is 4.79 Å². The monoisotopic (exact) mass is 314 g/mol. The lowest BCUT2D eigenvalue weighted by atomic mass is 10.2. The first-order valence-electron chi connectivity index (χ1n) is 6.79. The van der Waals surface area contributed by atoms with Crippen molar-refractivity contribution in [2.45, 2.75) is 44.6 Å². The van der Waals surface area contributed by atoms with Gasteiger partial charge in [0.05, 0.1) is 4.90 Å². The fraction of sp³-hybridized carbons (Fsp3) is 0.500. The number of carbonyl (C=O) groups is 1. The summed E-state index contributed by atoms with van der Waals surface area (Å²) in [6, 6.07) is 4.38. The third-order valence-electron chi connectivity index (χ3n) is 2.96. The Bertz CT molecular complexity index is 599. The Morgan fingerprint density at radius 1 is 1.43 bits per heavy atom. The number of amides is 1. The number of carbonyl (C=O) groups excluding carboxylic acids is 1. The lowest BCUT2D eigenvalue weighted by molar-refractivity contribution is -0.123. The number of nitrogens with one attached hydrogen (secondary N) is 1. The van der Waals surface area contributed by atoms with Gasteiger partial charge in [-0.2, -0.15) is 0 Å². The van der Waals surface area contributed by atoms with E-state index in [1.54, 1.807) is 6.92 Å².